The van der Waals surface area contributed by atoms with Crippen molar-refractivity contribution < 1.29 is 4.42 Å². The lowest BCUT2D eigenvalue weighted by molar-refractivity contribution is 0.561. The largest absolute Gasteiger partial charge is 0.472 e. The molecule has 2 aromatic rings. The van der Waals surface area contributed by atoms with Crippen LogP contribution in [-0.4, -0.2) is 4.57 Å². The lowest BCUT2D eigenvalue weighted by atomic mass is 10.2. The molecule has 0 atom stereocenters. The van der Waals surface area contributed by atoms with Gasteiger partial charge < -0.3 is 8.98 Å². The topological polar surface area (TPSA) is 58.9 Å². The molecule has 2 heterocycles. The van der Waals surface area contributed by atoms with E-state index in [9.17, 15) is 4.79 Å². The van der Waals surface area contributed by atoms with Crippen LogP contribution in [0.3, 0.4) is 0 Å². The minimum atomic E-state index is -0.260. The molecule has 0 amide bonds. The molecule has 0 bridgehead atoms. The van der Waals surface area contributed by atoms with Gasteiger partial charge >= 0.3 is 0 Å². The van der Waals surface area contributed by atoms with Gasteiger partial charge in [0.15, 0.2) is 0 Å². The predicted molar refractivity (Wildman–Crippen MR) is 58.0 cm³/mol. The van der Waals surface area contributed by atoms with E-state index in [0.717, 1.165) is 11.3 Å². The average Bonchev–Trinajstić information content (AvgIpc) is 2.77. The van der Waals surface area contributed by atoms with Crippen LogP contribution < -0.4 is 5.56 Å². The molecule has 2 rings (SSSR count). The zero-order valence-electron chi connectivity index (χ0n) is 8.80. The summed E-state index contributed by atoms with van der Waals surface area (Å²) in [5.74, 6) is 0. The van der Waals surface area contributed by atoms with E-state index in [1.165, 1.54) is 0 Å². The molecule has 0 aromatic carbocycles. The number of furan rings is 1. The van der Waals surface area contributed by atoms with E-state index < -0.39 is 0 Å². The van der Waals surface area contributed by atoms with Crippen LogP contribution in [0.1, 0.15) is 16.8 Å². The molecule has 0 saturated carbocycles. The van der Waals surface area contributed by atoms with Crippen molar-refractivity contribution >= 4 is 0 Å². The number of hydrogen-bond donors (Lipinski definition) is 0. The second-order valence-corrected chi connectivity index (χ2v) is 3.52. The maximum Gasteiger partial charge on any atom is 0.268 e. The quantitative estimate of drug-likeness (QED) is 0.764. The van der Waals surface area contributed by atoms with Crippen molar-refractivity contribution in [3.63, 3.8) is 0 Å². The number of nitrogens with zero attached hydrogens (tertiary/aromatic N) is 2. The van der Waals surface area contributed by atoms with Crippen LogP contribution in [0.25, 0.3) is 0 Å². The van der Waals surface area contributed by atoms with Crippen molar-refractivity contribution in [1.29, 1.82) is 5.26 Å². The van der Waals surface area contributed by atoms with Gasteiger partial charge in [0.1, 0.15) is 11.6 Å². The van der Waals surface area contributed by atoms with E-state index in [1.807, 2.05) is 13.0 Å². The van der Waals surface area contributed by atoms with Gasteiger partial charge in [0.2, 0.25) is 0 Å². The van der Waals surface area contributed by atoms with E-state index in [4.69, 9.17) is 9.68 Å². The predicted octanol–water partition coefficient (Wildman–Crippen LogP) is 1.67. The summed E-state index contributed by atoms with van der Waals surface area (Å²) in [5.41, 5.74) is 1.63. The van der Waals surface area contributed by atoms with Crippen LogP contribution >= 0.6 is 0 Å². The van der Waals surface area contributed by atoms with Crippen LogP contribution in [0.15, 0.2) is 39.9 Å². The molecule has 0 fully saturated rings. The molecule has 0 unspecified atom stereocenters. The first-order chi connectivity index (χ1) is 7.72. The zero-order chi connectivity index (χ0) is 11.5. The van der Waals surface area contributed by atoms with Gasteiger partial charge in [-0.1, -0.05) is 0 Å². The number of pyridine rings is 1. The van der Waals surface area contributed by atoms with Crippen molar-refractivity contribution in [2.75, 3.05) is 0 Å². The molecule has 0 spiro atoms. The van der Waals surface area contributed by atoms with Gasteiger partial charge in [-0.25, -0.2) is 0 Å². The van der Waals surface area contributed by atoms with E-state index in [0.29, 0.717) is 6.54 Å². The fourth-order valence-electron chi connectivity index (χ4n) is 1.52. The van der Waals surface area contributed by atoms with Gasteiger partial charge in [0.05, 0.1) is 19.1 Å². The fourth-order valence-corrected chi connectivity index (χ4v) is 1.52. The Hall–Kier alpha value is -2.28. The summed E-state index contributed by atoms with van der Waals surface area (Å²) in [6.45, 7) is 2.26. The second kappa shape index (κ2) is 4.07. The van der Waals surface area contributed by atoms with Crippen molar-refractivity contribution in [1.82, 2.24) is 4.57 Å². The third-order valence-electron chi connectivity index (χ3n) is 2.43. The number of nitriles is 1. The first-order valence-electron chi connectivity index (χ1n) is 4.84. The van der Waals surface area contributed by atoms with Gasteiger partial charge in [0, 0.05) is 11.3 Å². The third kappa shape index (κ3) is 1.75. The minimum Gasteiger partial charge on any atom is -0.472 e. The molecule has 2 aromatic heterocycles. The Morgan fingerprint density at radius 1 is 1.44 bits per heavy atom. The number of rotatable bonds is 2. The molecule has 0 radical (unpaired) electrons. The Bertz CT molecular complexity index is 588. The summed E-state index contributed by atoms with van der Waals surface area (Å²) < 4.78 is 6.50. The minimum absolute atomic E-state index is 0.161. The smallest absolute Gasteiger partial charge is 0.268 e. The van der Waals surface area contributed by atoms with Gasteiger partial charge in [-0.2, -0.15) is 5.26 Å². The van der Waals surface area contributed by atoms with Gasteiger partial charge in [-0.05, 0) is 25.1 Å². The average molecular weight is 214 g/mol. The Kier molecular flexibility index (Phi) is 2.61. The van der Waals surface area contributed by atoms with Crippen molar-refractivity contribution in [2.24, 2.45) is 0 Å². The van der Waals surface area contributed by atoms with Gasteiger partial charge in [-0.3, -0.25) is 4.79 Å². The highest BCUT2D eigenvalue weighted by molar-refractivity contribution is 5.28. The lowest BCUT2D eigenvalue weighted by Gasteiger charge is -2.08. The molecule has 0 saturated heterocycles. The Balaban J connectivity index is 2.49. The fraction of sp³-hybridized carbons (Fsp3) is 0.167. The highest BCUT2D eigenvalue weighted by Crippen LogP contribution is 2.05. The monoisotopic (exact) mass is 214 g/mol. The molecule has 0 aliphatic heterocycles. The van der Waals surface area contributed by atoms with Crippen LogP contribution in [0, 0.1) is 18.3 Å². The summed E-state index contributed by atoms with van der Waals surface area (Å²) in [4.78, 5) is 11.9. The zero-order valence-corrected chi connectivity index (χ0v) is 8.80. The molecule has 16 heavy (non-hydrogen) atoms. The van der Waals surface area contributed by atoms with E-state index in [1.54, 1.807) is 35.3 Å². The Morgan fingerprint density at radius 3 is 2.88 bits per heavy atom. The van der Waals surface area contributed by atoms with Crippen molar-refractivity contribution in [3.8, 4) is 6.07 Å². The first-order valence-corrected chi connectivity index (χ1v) is 4.84. The van der Waals surface area contributed by atoms with E-state index >= 15 is 0 Å². The molecule has 80 valence electrons. The van der Waals surface area contributed by atoms with Crippen molar-refractivity contribution in [3.05, 3.63) is 57.9 Å². The van der Waals surface area contributed by atoms with Crippen LogP contribution in [0.5, 0.6) is 0 Å². The number of aromatic nitrogens is 1. The summed E-state index contributed by atoms with van der Waals surface area (Å²) in [5, 5.41) is 8.78. The second-order valence-electron chi connectivity index (χ2n) is 3.52. The molecule has 0 N–H and O–H groups in total. The maximum atomic E-state index is 11.9. The Labute approximate surface area is 92.4 Å². The molecular weight excluding hydrogens is 204 g/mol. The van der Waals surface area contributed by atoms with Gasteiger partial charge in [0.25, 0.3) is 5.56 Å². The number of aryl methyl sites for hydroxylation is 1. The van der Waals surface area contributed by atoms with E-state index in [-0.39, 0.29) is 11.1 Å². The highest BCUT2D eigenvalue weighted by atomic mass is 16.3. The lowest BCUT2D eigenvalue weighted by Crippen LogP contribution is -2.24. The van der Waals surface area contributed by atoms with E-state index in [2.05, 4.69) is 0 Å². The molecule has 0 aliphatic carbocycles. The molecule has 0 aliphatic rings. The first kappa shape index (κ1) is 10.2. The normalized spacial score (nSPS) is 10.0. The Morgan fingerprint density at radius 2 is 2.25 bits per heavy atom. The summed E-state index contributed by atoms with van der Waals surface area (Å²) in [7, 11) is 0. The third-order valence-corrected chi connectivity index (χ3v) is 2.43. The van der Waals surface area contributed by atoms with Crippen molar-refractivity contribution in [2.45, 2.75) is 13.5 Å². The van der Waals surface area contributed by atoms with Gasteiger partial charge in [-0.15, -0.1) is 0 Å². The molecule has 4 nitrogen and oxygen atoms in total. The molecule has 4 heteroatoms. The summed E-state index contributed by atoms with van der Waals surface area (Å²) >= 11 is 0. The van der Waals surface area contributed by atoms with Crippen LogP contribution in [0.2, 0.25) is 0 Å². The summed E-state index contributed by atoms with van der Waals surface area (Å²) in [6, 6.07) is 6.99. The van der Waals surface area contributed by atoms with Crippen LogP contribution in [-0.2, 0) is 6.54 Å². The SMILES string of the molecule is Cc1ccc(C#N)c(=O)n1Cc1ccoc1. The highest BCUT2D eigenvalue weighted by Gasteiger charge is 2.06. The van der Waals surface area contributed by atoms with Crippen LogP contribution in [0.4, 0.5) is 0 Å². The molecular formula is C12H10N2O2. The maximum absolute atomic E-state index is 11.9. The number of hydrogen-bond acceptors (Lipinski definition) is 3. The standard InChI is InChI=1S/C12H10N2O2/c1-9-2-3-11(6-13)12(15)14(9)7-10-4-5-16-8-10/h2-5,8H,7H2,1H3. The summed E-state index contributed by atoms with van der Waals surface area (Å²) in [6.07, 6.45) is 3.15.